The lowest BCUT2D eigenvalue weighted by molar-refractivity contribution is -0.384. The van der Waals surface area contributed by atoms with E-state index in [1.54, 1.807) is 17.0 Å². The quantitative estimate of drug-likeness (QED) is 0.666. The van der Waals surface area contributed by atoms with Crippen LogP contribution in [0.4, 0.5) is 5.69 Å². The molecule has 0 aliphatic carbocycles. The highest BCUT2D eigenvalue weighted by Crippen LogP contribution is 2.18. The molecule has 6 nitrogen and oxygen atoms in total. The number of carbonyl (C=O) groups is 1. The molecule has 6 heteroatoms. The van der Waals surface area contributed by atoms with Crippen molar-refractivity contribution in [3.8, 4) is 0 Å². The second-order valence-electron chi connectivity index (χ2n) is 5.13. The van der Waals surface area contributed by atoms with E-state index in [1.165, 1.54) is 12.1 Å². The molecule has 1 atom stereocenters. The van der Waals surface area contributed by atoms with Crippen LogP contribution >= 0.6 is 0 Å². The smallest absolute Gasteiger partial charge is 0.269 e. The van der Waals surface area contributed by atoms with Crippen LogP contribution in [0.15, 0.2) is 24.3 Å². The van der Waals surface area contributed by atoms with Crippen molar-refractivity contribution in [2.24, 2.45) is 5.92 Å². The van der Waals surface area contributed by atoms with Gasteiger partial charge in [0.2, 0.25) is 5.91 Å². The van der Waals surface area contributed by atoms with Crippen molar-refractivity contribution >= 4 is 11.6 Å². The van der Waals surface area contributed by atoms with Crippen molar-refractivity contribution in [1.29, 1.82) is 0 Å². The molecular formula is C14H18N2O4. The van der Waals surface area contributed by atoms with E-state index in [0.717, 1.165) is 12.8 Å². The number of carbonyl (C=O) groups excluding carboxylic acids is 1. The van der Waals surface area contributed by atoms with E-state index in [0.29, 0.717) is 18.7 Å². The predicted molar refractivity (Wildman–Crippen MR) is 73.2 cm³/mol. The molecule has 1 aromatic rings. The van der Waals surface area contributed by atoms with E-state index in [2.05, 4.69) is 0 Å². The van der Waals surface area contributed by atoms with Gasteiger partial charge in [0.15, 0.2) is 0 Å². The number of rotatable bonds is 4. The second-order valence-corrected chi connectivity index (χ2v) is 5.13. The van der Waals surface area contributed by atoms with Gasteiger partial charge < -0.3 is 10.0 Å². The summed E-state index contributed by atoms with van der Waals surface area (Å²) in [5.41, 5.74) is 0.650. The van der Waals surface area contributed by atoms with Crippen molar-refractivity contribution in [1.82, 2.24) is 4.90 Å². The minimum atomic E-state index is -0.462. The van der Waals surface area contributed by atoms with Crippen LogP contribution in [0.5, 0.6) is 0 Å². The first-order chi connectivity index (χ1) is 9.60. The molecule has 0 radical (unpaired) electrons. The van der Waals surface area contributed by atoms with Crippen LogP contribution in [0.25, 0.3) is 0 Å². The van der Waals surface area contributed by atoms with E-state index >= 15 is 0 Å². The van der Waals surface area contributed by atoms with Gasteiger partial charge in [-0.05, 0) is 24.3 Å². The van der Waals surface area contributed by atoms with Gasteiger partial charge in [-0.25, -0.2) is 0 Å². The highest BCUT2D eigenvalue weighted by Gasteiger charge is 2.23. The number of aliphatic hydroxyl groups excluding tert-OH is 1. The molecule has 0 saturated carbocycles. The van der Waals surface area contributed by atoms with E-state index in [9.17, 15) is 14.9 Å². The number of amides is 1. The van der Waals surface area contributed by atoms with Crippen molar-refractivity contribution in [2.45, 2.75) is 19.3 Å². The zero-order chi connectivity index (χ0) is 14.5. The number of nitro benzene ring substituents is 1. The van der Waals surface area contributed by atoms with Crippen LogP contribution in [-0.4, -0.2) is 40.5 Å². The van der Waals surface area contributed by atoms with Gasteiger partial charge in [-0.2, -0.15) is 0 Å². The molecule has 108 valence electrons. The Morgan fingerprint density at radius 2 is 2.30 bits per heavy atom. The van der Waals surface area contributed by atoms with Crippen LogP contribution < -0.4 is 0 Å². The molecule has 20 heavy (non-hydrogen) atoms. The lowest BCUT2D eigenvalue weighted by atomic mass is 9.98. The van der Waals surface area contributed by atoms with Crippen molar-refractivity contribution in [3.63, 3.8) is 0 Å². The van der Waals surface area contributed by atoms with Gasteiger partial charge in [-0.3, -0.25) is 14.9 Å². The largest absolute Gasteiger partial charge is 0.396 e. The molecule has 1 saturated heterocycles. The molecule has 1 fully saturated rings. The summed E-state index contributed by atoms with van der Waals surface area (Å²) in [7, 11) is 0. The first-order valence-electron chi connectivity index (χ1n) is 6.72. The summed E-state index contributed by atoms with van der Waals surface area (Å²) in [5.74, 6) is 0.112. The standard InChI is InChI=1S/C14H18N2O4/c17-10-12-4-2-6-15(9-12)14(18)8-11-3-1-5-13(7-11)16(19)20/h1,3,5,7,12,17H,2,4,6,8-10H2. The fourth-order valence-corrected chi connectivity index (χ4v) is 2.51. The number of non-ortho nitro benzene ring substituents is 1. The normalized spacial score (nSPS) is 18.9. The lowest BCUT2D eigenvalue weighted by Crippen LogP contribution is -2.41. The summed E-state index contributed by atoms with van der Waals surface area (Å²) in [6.07, 6.45) is 2.00. The number of nitro groups is 1. The summed E-state index contributed by atoms with van der Waals surface area (Å²) in [4.78, 5) is 24.2. The Balaban J connectivity index is 2.00. The average Bonchev–Trinajstić information content (AvgIpc) is 2.47. The maximum atomic E-state index is 12.2. The molecule has 0 aromatic heterocycles. The zero-order valence-corrected chi connectivity index (χ0v) is 11.2. The topological polar surface area (TPSA) is 83.7 Å². The van der Waals surface area contributed by atoms with Gasteiger partial charge in [0.25, 0.3) is 5.69 Å². The Kier molecular flexibility index (Phi) is 4.68. The molecule has 0 spiro atoms. The predicted octanol–water partition coefficient (Wildman–Crippen LogP) is 1.37. The van der Waals surface area contributed by atoms with Gasteiger partial charge in [0.1, 0.15) is 0 Å². The third-order valence-electron chi connectivity index (χ3n) is 3.61. The van der Waals surface area contributed by atoms with Gasteiger partial charge >= 0.3 is 0 Å². The number of piperidine rings is 1. The first-order valence-corrected chi connectivity index (χ1v) is 6.72. The number of hydrogen-bond donors (Lipinski definition) is 1. The van der Waals surface area contributed by atoms with Crippen LogP contribution in [-0.2, 0) is 11.2 Å². The zero-order valence-electron chi connectivity index (χ0n) is 11.2. The van der Waals surface area contributed by atoms with Crippen LogP contribution in [0.2, 0.25) is 0 Å². The average molecular weight is 278 g/mol. The van der Waals surface area contributed by atoms with Crippen LogP contribution in [0.1, 0.15) is 18.4 Å². The highest BCUT2D eigenvalue weighted by molar-refractivity contribution is 5.79. The van der Waals surface area contributed by atoms with Gasteiger partial charge in [0.05, 0.1) is 11.3 Å². The molecule has 1 aliphatic rings. The maximum absolute atomic E-state index is 12.2. The Bertz CT molecular complexity index is 504. The Hall–Kier alpha value is -1.95. The minimum absolute atomic E-state index is 0.00202. The lowest BCUT2D eigenvalue weighted by Gasteiger charge is -2.32. The van der Waals surface area contributed by atoms with Gasteiger partial charge in [-0.1, -0.05) is 12.1 Å². The SMILES string of the molecule is O=C(Cc1cccc([N+](=O)[O-])c1)N1CCCC(CO)C1. The number of benzene rings is 1. The van der Waals surface area contributed by atoms with Crippen LogP contribution in [0.3, 0.4) is 0 Å². The molecule has 1 aliphatic heterocycles. The minimum Gasteiger partial charge on any atom is -0.396 e. The van der Waals surface area contributed by atoms with Crippen molar-refractivity contribution in [3.05, 3.63) is 39.9 Å². The molecule has 1 heterocycles. The second kappa shape index (κ2) is 6.47. The van der Waals surface area contributed by atoms with E-state index in [4.69, 9.17) is 5.11 Å². The van der Waals surface area contributed by atoms with Gasteiger partial charge in [-0.15, -0.1) is 0 Å². The molecule has 1 unspecified atom stereocenters. The molecule has 1 amide bonds. The molecule has 2 rings (SSSR count). The Labute approximate surface area is 117 Å². The van der Waals surface area contributed by atoms with E-state index < -0.39 is 4.92 Å². The number of likely N-dealkylation sites (tertiary alicyclic amines) is 1. The molecular weight excluding hydrogens is 260 g/mol. The summed E-state index contributed by atoms with van der Waals surface area (Å²) >= 11 is 0. The third-order valence-corrected chi connectivity index (χ3v) is 3.61. The maximum Gasteiger partial charge on any atom is 0.269 e. The summed E-state index contributed by atoms with van der Waals surface area (Å²) in [6, 6.07) is 6.16. The number of hydrogen-bond acceptors (Lipinski definition) is 4. The molecule has 1 N–H and O–H groups in total. The summed E-state index contributed by atoms with van der Waals surface area (Å²) in [5, 5.41) is 19.9. The monoisotopic (exact) mass is 278 g/mol. The van der Waals surface area contributed by atoms with E-state index in [1.807, 2.05) is 0 Å². The summed E-state index contributed by atoms with van der Waals surface area (Å²) < 4.78 is 0. The Morgan fingerprint density at radius 3 is 3.00 bits per heavy atom. The first kappa shape index (κ1) is 14.5. The Morgan fingerprint density at radius 1 is 1.50 bits per heavy atom. The van der Waals surface area contributed by atoms with Crippen molar-refractivity contribution in [2.75, 3.05) is 19.7 Å². The third kappa shape index (κ3) is 3.54. The van der Waals surface area contributed by atoms with Crippen molar-refractivity contribution < 1.29 is 14.8 Å². The molecule has 1 aromatic carbocycles. The summed E-state index contributed by atoms with van der Waals surface area (Å²) in [6.45, 7) is 1.37. The fraction of sp³-hybridized carbons (Fsp3) is 0.500. The van der Waals surface area contributed by atoms with Crippen LogP contribution in [0, 0.1) is 16.0 Å². The molecule has 0 bridgehead atoms. The van der Waals surface area contributed by atoms with Gasteiger partial charge in [0, 0.05) is 31.8 Å². The van der Waals surface area contributed by atoms with E-state index in [-0.39, 0.29) is 30.5 Å². The number of aliphatic hydroxyl groups is 1. The highest BCUT2D eigenvalue weighted by atomic mass is 16.6. The number of nitrogens with zero attached hydrogens (tertiary/aromatic N) is 2. The fourth-order valence-electron chi connectivity index (χ4n) is 2.51.